The number of carbonyl (C=O) groups excluding carboxylic acids is 1. The molecular weight excluding hydrogens is 366 g/mol. The summed E-state index contributed by atoms with van der Waals surface area (Å²) >= 11 is 0. The van der Waals surface area contributed by atoms with Crippen LogP contribution in [-0.2, 0) is 0 Å². The Bertz CT molecular complexity index is 843. The minimum Gasteiger partial charge on any atom is -0.486 e. The number of fused-ring (bicyclic) bond motifs is 1. The molecule has 2 aromatic carbocycles. The van der Waals surface area contributed by atoms with Gasteiger partial charge >= 0.3 is 6.03 Å². The first-order valence-corrected chi connectivity index (χ1v) is 10.4. The molecule has 0 spiro atoms. The van der Waals surface area contributed by atoms with Gasteiger partial charge in [-0.2, -0.15) is 0 Å². The van der Waals surface area contributed by atoms with Crippen molar-refractivity contribution in [2.45, 2.75) is 32.4 Å². The molecule has 1 fully saturated rings. The monoisotopic (exact) mass is 395 g/mol. The molecule has 0 bridgehead atoms. The minimum absolute atomic E-state index is 0.0663. The van der Waals surface area contributed by atoms with Gasteiger partial charge in [0.05, 0.1) is 0 Å². The highest BCUT2D eigenvalue weighted by Crippen LogP contribution is 2.33. The minimum atomic E-state index is -0.0663. The molecule has 0 radical (unpaired) electrons. The summed E-state index contributed by atoms with van der Waals surface area (Å²) in [5.41, 5.74) is 2.04. The second-order valence-corrected chi connectivity index (χ2v) is 7.60. The first-order valence-electron chi connectivity index (χ1n) is 10.4. The molecule has 6 nitrogen and oxygen atoms in total. The van der Waals surface area contributed by atoms with Gasteiger partial charge in [0.15, 0.2) is 11.5 Å². The number of nitrogens with one attached hydrogen (secondary N) is 1. The maximum absolute atomic E-state index is 13.0. The molecular formula is C23H29N3O3. The third kappa shape index (κ3) is 4.32. The van der Waals surface area contributed by atoms with E-state index in [9.17, 15) is 4.79 Å². The van der Waals surface area contributed by atoms with Gasteiger partial charge < -0.3 is 19.7 Å². The lowest BCUT2D eigenvalue weighted by Crippen LogP contribution is -2.44. The third-order valence-electron chi connectivity index (χ3n) is 5.86. The van der Waals surface area contributed by atoms with E-state index in [4.69, 9.17) is 9.47 Å². The molecule has 1 saturated heterocycles. The van der Waals surface area contributed by atoms with Gasteiger partial charge in [-0.25, -0.2) is 4.79 Å². The molecule has 2 amide bonds. The predicted octanol–water partition coefficient (Wildman–Crippen LogP) is 4.15. The molecule has 2 heterocycles. The molecule has 4 rings (SSSR count). The number of ether oxygens (including phenoxy) is 2. The Labute approximate surface area is 172 Å². The molecule has 0 unspecified atom stereocenters. The number of rotatable bonds is 5. The number of hydrogen-bond acceptors (Lipinski definition) is 4. The summed E-state index contributed by atoms with van der Waals surface area (Å²) in [6.45, 7) is 7.92. The van der Waals surface area contributed by atoms with Crippen molar-refractivity contribution in [1.82, 2.24) is 9.80 Å². The summed E-state index contributed by atoms with van der Waals surface area (Å²) in [5.74, 6) is 1.41. The van der Waals surface area contributed by atoms with Gasteiger partial charge in [0.25, 0.3) is 0 Å². The molecule has 2 aliphatic rings. The van der Waals surface area contributed by atoms with Gasteiger partial charge in [-0.05, 0) is 38.0 Å². The normalized spacial score (nSPS) is 19.6. The Hall–Kier alpha value is -2.73. The van der Waals surface area contributed by atoms with Crippen molar-refractivity contribution in [2.75, 3.05) is 38.2 Å². The Morgan fingerprint density at radius 3 is 2.69 bits per heavy atom. The van der Waals surface area contributed by atoms with Crippen molar-refractivity contribution < 1.29 is 14.3 Å². The van der Waals surface area contributed by atoms with E-state index in [2.05, 4.69) is 41.4 Å². The summed E-state index contributed by atoms with van der Waals surface area (Å²) in [7, 11) is 0. The first kappa shape index (κ1) is 19.6. The highest BCUT2D eigenvalue weighted by atomic mass is 16.6. The SMILES string of the molecule is CCN(C(=O)Nc1ccc2c(c1)OCCO2)[C@@H]1CCN([C@H](C)c2ccccc2)C1. The highest BCUT2D eigenvalue weighted by molar-refractivity contribution is 5.90. The Morgan fingerprint density at radius 2 is 1.93 bits per heavy atom. The third-order valence-corrected chi connectivity index (χ3v) is 5.86. The van der Waals surface area contributed by atoms with E-state index >= 15 is 0 Å². The first-order chi connectivity index (χ1) is 14.2. The van der Waals surface area contributed by atoms with E-state index in [1.807, 2.05) is 36.1 Å². The van der Waals surface area contributed by atoms with Crippen LogP contribution in [0.1, 0.15) is 31.9 Å². The van der Waals surface area contributed by atoms with E-state index in [0.717, 1.165) is 30.9 Å². The largest absolute Gasteiger partial charge is 0.486 e. The highest BCUT2D eigenvalue weighted by Gasteiger charge is 2.32. The van der Waals surface area contributed by atoms with Crippen LogP contribution in [0.4, 0.5) is 10.5 Å². The molecule has 0 saturated carbocycles. The number of urea groups is 1. The van der Waals surface area contributed by atoms with Crippen LogP contribution in [0.15, 0.2) is 48.5 Å². The second kappa shape index (κ2) is 8.74. The van der Waals surface area contributed by atoms with E-state index < -0.39 is 0 Å². The molecule has 154 valence electrons. The maximum atomic E-state index is 13.0. The topological polar surface area (TPSA) is 54.0 Å². The number of carbonyl (C=O) groups is 1. The Kier molecular flexibility index (Phi) is 5.90. The van der Waals surface area contributed by atoms with Crippen molar-refractivity contribution >= 4 is 11.7 Å². The zero-order valence-electron chi connectivity index (χ0n) is 17.1. The van der Waals surface area contributed by atoms with Crippen LogP contribution in [0.3, 0.4) is 0 Å². The zero-order valence-corrected chi connectivity index (χ0v) is 17.1. The van der Waals surface area contributed by atoms with Gasteiger partial charge in [-0.1, -0.05) is 30.3 Å². The summed E-state index contributed by atoms with van der Waals surface area (Å²) in [6, 6.07) is 16.6. The fraction of sp³-hybridized carbons (Fsp3) is 0.435. The second-order valence-electron chi connectivity index (χ2n) is 7.60. The quantitative estimate of drug-likeness (QED) is 0.826. The maximum Gasteiger partial charge on any atom is 0.322 e. The van der Waals surface area contributed by atoms with E-state index in [1.54, 1.807) is 0 Å². The van der Waals surface area contributed by atoms with Crippen molar-refractivity contribution in [2.24, 2.45) is 0 Å². The molecule has 2 atom stereocenters. The van der Waals surface area contributed by atoms with Crippen LogP contribution in [0.25, 0.3) is 0 Å². The fourth-order valence-corrected chi connectivity index (χ4v) is 4.20. The van der Waals surface area contributed by atoms with Crippen LogP contribution in [-0.4, -0.2) is 54.7 Å². The zero-order chi connectivity index (χ0) is 20.2. The van der Waals surface area contributed by atoms with Gasteiger partial charge in [-0.3, -0.25) is 4.90 Å². The number of anilines is 1. The van der Waals surface area contributed by atoms with Crippen LogP contribution < -0.4 is 14.8 Å². The smallest absolute Gasteiger partial charge is 0.322 e. The molecule has 2 aromatic rings. The molecule has 0 aliphatic carbocycles. The van der Waals surface area contributed by atoms with Gasteiger partial charge in [0, 0.05) is 43.5 Å². The van der Waals surface area contributed by atoms with Crippen molar-refractivity contribution in [1.29, 1.82) is 0 Å². The van der Waals surface area contributed by atoms with Gasteiger partial charge in [-0.15, -0.1) is 0 Å². The average molecular weight is 396 g/mol. The van der Waals surface area contributed by atoms with Crippen molar-refractivity contribution in [3.8, 4) is 11.5 Å². The standard InChI is InChI=1S/C23H29N3O3/c1-3-26(20-11-12-25(16-20)17(2)18-7-5-4-6-8-18)23(27)24-19-9-10-21-22(15-19)29-14-13-28-21/h4-10,15,17,20H,3,11-14,16H2,1-2H3,(H,24,27)/t17-,20-/m1/s1. The number of hydrogen-bond donors (Lipinski definition) is 1. The average Bonchev–Trinajstić information content (AvgIpc) is 3.24. The van der Waals surface area contributed by atoms with Crippen LogP contribution >= 0.6 is 0 Å². The summed E-state index contributed by atoms with van der Waals surface area (Å²) in [6.07, 6.45) is 0.986. The summed E-state index contributed by atoms with van der Waals surface area (Å²) in [5, 5.41) is 3.03. The van der Waals surface area contributed by atoms with E-state index in [0.29, 0.717) is 31.5 Å². The lowest BCUT2D eigenvalue weighted by Gasteiger charge is -2.30. The Morgan fingerprint density at radius 1 is 1.17 bits per heavy atom. The Balaban J connectivity index is 1.39. The van der Waals surface area contributed by atoms with Gasteiger partial charge in [0.2, 0.25) is 0 Å². The number of nitrogens with zero attached hydrogens (tertiary/aromatic N) is 2. The van der Waals surface area contributed by atoms with Crippen LogP contribution in [0.5, 0.6) is 11.5 Å². The summed E-state index contributed by atoms with van der Waals surface area (Å²) in [4.78, 5) is 17.4. The van der Waals surface area contributed by atoms with Gasteiger partial charge in [0.1, 0.15) is 13.2 Å². The van der Waals surface area contributed by atoms with Crippen molar-refractivity contribution in [3.63, 3.8) is 0 Å². The summed E-state index contributed by atoms with van der Waals surface area (Å²) < 4.78 is 11.2. The lowest BCUT2D eigenvalue weighted by atomic mass is 10.1. The number of amides is 2. The van der Waals surface area contributed by atoms with Crippen LogP contribution in [0, 0.1) is 0 Å². The van der Waals surface area contributed by atoms with E-state index in [1.165, 1.54) is 5.56 Å². The number of likely N-dealkylation sites (tertiary alicyclic amines) is 1. The molecule has 29 heavy (non-hydrogen) atoms. The number of likely N-dealkylation sites (N-methyl/N-ethyl adjacent to an activating group) is 1. The number of benzene rings is 2. The lowest BCUT2D eigenvalue weighted by molar-refractivity contribution is 0.171. The van der Waals surface area contributed by atoms with Crippen molar-refractivity contribution in [3.05, 3.63) is 54.1 Å². The molecule has 2 aliphatic heterocycles. The predicted molar refractivity (Wildman–Crippen MR) is 114 cm³/mol. The van der Waals surface area contributed by atoms with E-state index in [-0.39, 0.29) is 12.1 Å². The van der Waals surface area contributed by atoms with Crippen LogP contribution in [0.2, 0.25) is 0 Å². The molecule has 0 aromatic heterocycles. The molecule has 6 heteroatoms. The fourth-order valence-electron chi connectivity index (χ4n) is 4.20. The molecule has 1 N–H and O–H groups in total.